The standard InChI is InChI=1S/C16H25NO2/c1-13-7-6-8-14(2)17(13)11-15(18)12-19-16-9-4-3-5-10-16/h3-5,9-10,13-15,18H,6-8,11-12H2,1-2H3/t13-,14-,15+/m0/s1. The topological polar surface area (TPSA) is 32.7 Å². The summed E-state index contributed by atoms with van der Waals surface area (Å²) in [5.41, 5.74) is 0. The van der Waals surface area contributed by atoms with E-state index in [1.54, 1.807) is 0 Å². The van der Waals surface area contributed by atoms with Crippen molar-refractivity contribution in [3.05, 3.63) is 30.3 Å². The van der Waals surface area contributed by atoms with Gasteiger partial charge in [0.1, 0.15) is 18.5 Å². The highest BCUT2D eigenvalue weighted by molar-refractivity contribution is 5.20. The molecule has 0 aromatic heterocycles. The van der Waals surface area contributed by atoms with E-state index in [1.807, 2.05) is 30.3 Å². The first-order valence-corrected chi connectivity index (χ1v) is 7.28. The number of nitrogens with zero attached hydrogens (tertiary/aromatic N) is 1. The van der Waals surface area contributed by atoms with E-state index in [0.29, 0.717) is 25.2 Å². The van der Waals surface area contributed by atoms with Crippen LogP contribution in [0, 0.1) is 0 Å². The fraction of sp³-hybridized carbons (Fsp3) is 0.625. The third-order valence-electron chi connectivity index (χ3n) is 3.98. The largest absolute Gasteiger partial charge is 0.491 e. The Morgan fingerprint density at radius 1 is 1.21 bits per heavy atom. The molecule has 1 fully saturated rings. The highest BCUT2D eigenvalue weighted by atomic mass is 16.5. The minimum atomic E-state index is -0.428. The lowest BCUT2D eigenvalue weighted by Gasteiger charge is -2.40. The van der Waals surface area contributed by atoms with Gasteiger partial charge in [-0.3, -0.25) is 4.90 Å². The van der Waals surface area contributed by atoms with E-state index in [0.717, 1.165) is 5.75 Å². The van der Waals surface area contributed by atoms with E-state index in [9.17, 15) is 5.11 Å². The Morgan fingerprint density at radius 3 is 2.47 bits per heavy atom. The van der Waals surface area contributed by atoms with Crippen LogP contribution >= 0.6 is 0 Å². The van der Waals surface area contributed by atoms with Crippen LogP contribution in [0.4, 0.5) is 0 Å². The summed E-state index contributed by atoms with van der Waals surface area (Å²) in [7, 11) is 0. The van der Waals surface area contributed by atoms with Gasteiger partial charge in [-0.25, -0.2) is 0 Å². The van der Waals surface area contributed by atoms with Crippen LogP contribution in [0.25, 0.3) is 0 Å². The molecule has 3 nitrogen and oxygen atoms in total. The second-order valence-electron chi connectivity index (χ2n) is 5.60. The smallest absolute Gasteiger partial charge is 0.119 e. The zero-order chi connectivity index (χ0) is 13.7. The van der Waals surface area contributed by atoms with Gasteiger partial charge in [-0.15, -0.1) is 0 Å². The molecule has 2 rings (SSSR count). The Kier molecular flexibility index (Phi) is 5.23. The van der Waals surface area contributed by atoms with E-state index in [1.165, 1.54) is 19.3 Å². The zero-order valence-electron chi connectivity index (χ0n) is 12.0. The second-order valence-corrected chi connectivity index (χ2v) is 5.60. The SMILES string of the molecule is C[C@H]1CCC[C@H](C)N1C[C@@H](O)COc1ccccc1. The lowest BCUT2D eigenvalue weighted by molar-refractivity contribution is 0.0209. The van der Waals surface area contributed by atoms with Crippen LogP contribution in [0.15, 0.2) is 30.3 Å². The highest BCUT2D eigenvalue weighted by Crippen LogP contribution is 2.22. The molecule has 0 aliphatic carbocycles. The Morgan fingerprint density at radius 2 is 1.84 bits per heavy atom. The van der Waals surface area contributed by atoms with E-state index < -0.39 is 6.10 Å². The number of β-amino-alcohol motifs (C(OH)–C–C–N with tert-alkyl or cyclic N) is 1. The second kappa shape index (κ2) is 6.92. The third-order valence-corrected chi connectivity index (χ3v) is 3.98. The summed E-state index contributed by atoms with van der Waals surface area (Å²) in [6.07, 6.45) is 3.34. The highest BCUT2D eigenvalue weighted by Gasteiger charge is 2.26. The molecular formula is C16H25NO2. The Bertz CT molecular complexity index is 358. The summed E-state index contributed by atoms with van der Waals surface area (Å²) in [4.78, 5) is 2.41. The fourth-order valence-electron chi connectivity index (χ4n) is 2.84. The lowest BCUT2D eigenvalue weighted by Crippen LogP contribution is -2.48. The molecule has 1 saturated heterocycles. The van der Waals surface area contributed by atoms with Crippen molar-refractivity contribution in [2.45, 2.75) is 51.3 Å². The maximum Gasteiger partial charge on any atom is 0.119 e. The van der Waals surface area contributed by atoms with Gasteiger partial charge in [0, 0.05) is 18.6 Å². The summed E-state index contributed by atoms with van der Waals surface area (Å²) in [5.74, 6) is 0.821. The first-order valence-electron chi connectivity index (χ1n) is 7.28. The molecule has 3 heteroatoms. The van der Waals surface area contributed by atoms with Crippen LogP contribution in [0.1, 0.15) is 33.1 Å². The van der Waals surface area contributed by atoms with Crippen molar-refractivity contribution in [3.8, 4) is 5.75 Å². The van der Waals surface area contributed by atoms with Crippen LogP contribution in [0.2, 0.25) is 0 Å². The number of hydrogen-bond acceptors (Lipinski definition) is 3. The number of likely N-dealkylation sites (tertiary alicyclic amines) is 1. The normalized spacial score (nSPS) is 26.1. The first-order chi connectivity index (χ1) is 9.16. The monoisotopic (exact) mass is 263 g/mol. The molecule has 106 valence electrons. The summed E-state index contributed by atoms with van der Waals surface area (Å²) >= 11 is 0. The fourth-order valence-corrected chi connectivity index (χ4v) is 2.84. The van der Waals surface area contributed by atoms with Gasteiger partial charge >= 0.3 is 0 Å². The number of ether oxygens (including phenoxy) is 1. The predicted molar refractivity (Wildman–Crippen MR) is 77.4 cm³/mol. The maximum atomic E-state index is 10.1. The van der Waals surface area contributed by atoms with Crippen LogP contribution in [0.5, 0.6) is 5.75 Å². The molecule has 1 aromatic carbocycles. The van der Waals surface area contributed by atoms with Crippen molar-refractivity contribution >= 4 is 0 Å². The summed E-state index contributed by atoms with van der Waals surface area (Å²) in [5, 5.41) is 10.1. The molecular weight excluding hydrogens is 238 g/mol. The van der Waals surface area contributed by atoms with Crippen LogP contribution in [0.3, 0.4) is 0 Å². The molecule has 3 atom stereocenters. The average Bonchev–Trinajstić information content (AvgIpc) is 2.42. The van der Waals surface area contributed by atoms with Crippen molar-refractivity contribution in [3.63, 3.8) is 0 Å². The van der Waals surface area contributed by atoms with Gasteiger partial charge in [-0.2, -0.15) is 0 Å². The molecule has 0 spiro atoms. The molecule has 19 heavy (non-hydrogen) atoms. The predicted octanol–water partition coefficient (Wildman–Crippen LogP) is 2.69. The van der Waals surface area contributed by atoms with Gasteiger partial charge in [0.05, 0.1) is 0 Å². The maximum absolute atomic E-state index is 10.1. The quantitative estimate of drug-likeness (QED) is 0.886. The summed E-state index contributed by atoms with van der Waals surface area (Å²) in [6.45, 7) is 5.57. The molecule has 0 radical (unpaired) electrons. The molecule has 1 aromatic rings. The molecule has 1 heterocycles. The summed E-state index contributed by atoms with van der Waals surface area (Å²) in [6, 6.07) is 10.8. The van der Waals surface area contributed by atoms with Crippen molar-refractivity contribution in [1.29, 1.82) is 0 Å². The molecule has 0 saturated carbocycles. The minimum Gasteiger partial charge on any atom is -0.491 e. The van der Waals surface area contributed by atoms with E-state index in [4.69, 9.17) is 4.74 Å². The summed E-state index contributed by atoms with van der Waals surface area (Å²) < 4.78 is 5.60. The van der Waals surface area contributed by atoms with E-state index >= 15 is 0 Å². The third kappa shape index (κ3) is 4.22. The number of piperidine rings is 1. The number of aliphatic hydroxyl groups is 1. The average molecular weight is 263 g/mol. The van der Waals surface area contributed by atoms with Crippen molar-refractivity contribution < 1.29 is 9.84 Å². The first kappa shape index (κ1) is 14.4. The molecule has 0 unspecified atom stereocenters. The number of hydrogen-bond donors (Lipinski definition) is 1. The molecule has 0 amide bonds. The Hall–Kier alpha value is -1.06. The van der Waals surface area contributed by atoms with Gasteiger partial charge in [-0.05, 0) is 38.8 Å². The van der Waals surface area contributed by atoms with Crippen molar-refractivity contribution in [2.24, 2.45) is 0 Å². The Labute approximate surface area is 116 Å². The Balaban J connectivity index is 1.78. The molecule has 1 aliphatic heterocycles. The molecule has 1 N–H and O–H groups in total. The van der Waals surface area contributed by atoms with Gasteiger partial charge in [0.15, 0.2) is 0 Å². The van der Waals surface area contributed by atoms with Crippen LogP contribution in [-0.4, -0.2) is 41.3 Å². The van der Waals surface area contributed by atoms with Crippen molar-refractivity contribution in [2.75, 3.05) is 13.2 Å². The minimum absolute atomic E-state index is 0.361. The lowest BCUT2D eigenvalue weighted by atomic mass is 9.97. The number of benzene rings is 1. The zero-order valence-corrected chi connectivity index (χ0v) is 12.0. The molecule has 0 bridgehead atoms. The van der Waals surface area contributed by atoms with E-state index in [-0.39, 0.29) is 0 Å². The van der Waals surface area contributed by atoms with Gasteiger partial charge in [0.2, 0.25) is 0 Å². The van der Waals surface area contributed by atoms with Crippen molar-refractivity contribution in [1.82, 2.24) is 4.90 Å². The van der Waals surface area contributed by atoms with Crippen LogP contribution < -0.4 is 4.74 Å². The van der Waals surface area contributed by atoms with Gasteiger partial charge in [0.25, 0.3) is 0 Å². The van der Waals surface area contributed by atoms with Crippen LogP contribution in [-0.2, 0) is 0 Å². The van der Waals surface area contributed by atoms with Gasteiger partial charge < -0.3 is 9.84 Å². The van der Waals surface area contributed by atoms with Gasteiger partial charge in [-0.1, -0.05) is 24.6 Å². The number of para-hydroxylation sites is 1. The molecule has 1 aliphatic rings. The number of rotatable bonds is 5. The number of aliphatic hydroxyl groups excluding tert-OH is 1. The van der Waals surface area contributed by atoms with E-state index in [2.05, 4.69) is 18.7 Å².